The van der Waals surface area contributed by atoms with Crippen molar-refractivity contribution in [2.45, 2.75) is 45.3 Å². The lowest BCUT2D eigenvalue weighted by Gasteiger charge is -2.24. The molecule has 0 fully saturated rings. The van der Waals surface area contributed by atoms with Crippen molar-refractivity contribution in [2.24, 2.45) is 5.92 Å². The second kappa shape index (κ2) is 7.09. The van der Waals surface area contributed by atoms with Gasteiger partial charge in [0.25, 0.3) is 5.91 Å². The molecule has 1 aromatic heterocycles. The average molecular weight is 362 g/mol. The maximum Gasteiger partial charge on any atom is 0.392 e. The van der Waals surface area contributed by atoms with E-state index in [9.17, 15) is 18.0 Å². The highest BCUT2D eigenvalue weighted by Crippen LogP contribution is 2.40. The van der Waals surface area contributed by atoms with Gasteiger partial charge in [-0.05, 0) is 44.7 Å². The van der Waals surface area contributed by atoms with E-state index in [4.69, 9.17) is 0 Å². The minimum Gasteiger partial charge on any atom is -0.350 e. The van der Waals surface area contributed by atoms with Gasteiger partial charge in [0.15, 0.2) is 0 Å². The number of carbonyl (C=O) groups is 1. The summed E-state index contributed by atoms with van der Waals surface area (Å²) >= 11 is 0. The topological polar surface area (TPSA) is 42.0 Å². The van der Waals surface area contributed by atoms with E-state index >= 15 is 0 Å². The molecule has 0 radical (unpaired) electrons. The van der Waals surface area contributed by atoms with Crippen molar-refractivity contribution in [3.8, 4) is 0 Å². The molecule has 1 amide bonds. The fourth-order valence-corrected chi connectivity index (χ4v) is 3.27. The van der Waals surface area contributed by atoms with Crippen LogP contribution in [-0.4, -0.2) is 23.1 Å². The van der Waals surface area contributed by atoms with Gasteiger partial charge in [0, 0.05) is 23.2 Å². The van der Waals surface area contributed by atoms with Gasteiger partial charge in [-0.2, -0.15) is 13.2 Å². The Morgan fingerprint density at radius 2 is 2.08 bits per heavy atom. The summed E-state index contributed by atoms with van der Waals surface area (Å²) in [5.41, 5.74) is 2.92. The van der Waals surface area contributed by atoms with E-state index < -0.39 is 12.1 Å². The summed E-state index contributed by atoms with van der Waals surface area (Å²) in [7, 11) is 0. The minimum atomic E-state index is -4.14. The highest BCUT2D eigenvalue weighted by molar-refractivity contribution is 5.99. The third kappa shape index (κ3) is 3.89. The standard InChI is InChI=1S/C20H21F3N2O/c1-12(2)25-19(26)15-10-14-4-3-5-17(18(14)24-11-15)13-6-8-16(9-7-13)20(21,22)23/h3-6,10-12,16H,7-9H2,1-2H3,(H,25,26)/t16-/m1/s1. The predicted octanol–water partition coefficient (Wildman–Crippen LogP) is 5.12. The Morgan fingerprint density at radius 1 is 1.31 bits per heavy atom. The molecule has 0 aliphatic heterocycles. The van der Waals surface area contributed by atoms with Gasteiger partial charge in [0.05, 0.1) is 17.0 Å². The third-order valence-corrected chi connectivity index (χ3v) is 4.61. The molecule has 26 heavy (non-hydrogen) atoms. The van der Waals surface area contributed by atoms with Crippen molar-refractivity contribution in [2.75, 3.05) is 0 Å². The molecule has 3 rings (SSSR count). The first kappa shape index (κ1) is 18.4. The van der Waals surface area contributed by atoms with Crippen molar-refractivity contribution in [1.29, 1.82) is 0 Å². The molecular formula is C20H21F3N2O. The summed E-state index contributed by atoms with van der Waals surface area (Å²) in [5, 5.41) is 3.63. The van der Waals surface area contributed by atoms with Crippen molar-refractivity contribution in [3.63, 3.8) is 0 Å². The molecule has 1 aromatic carbocycles. The van der Waals surface area contributed by atoms with Crippen LogP contribution in [0, 0.1) is 5.92 Å². The number of para-hydroxylation sites is 1. The minimum absolute atomic E-state index is 0.00407. The fraction of sp³-hybridized carbons (Fsp3) is 0.400. The number of hydrogen-bond donors (Lipinski definition) is 1. The van der Waals surface area contributed by atoms with E-state index in [0.717, 1.165) is 16.5 Å². The number of alkyl halides is 3. The lowest BCUT2D eigenvalue weighted by atomic mass is 9.85. The SMILES string of the molecule is CC(C)NC(=O)c1cnc2c(C3=CC[C@@H](C(F)(F)F)CC3)cccc2c1. The lowest BCUT2D eigenvalue weighted by molar-refractivity contribution is -0.175. The number of allylic oxidation sites excluding steroid dienone is 2. The quantitative estimate of drug-likeness (QED) is 0.823. The first-order valence-electron chi connectivity index (χ1n) is 8.71. The van der Waals surface area contributed by atoms with Crippen LogP contribution in [0.1, 0.15) is 49.0 Å². The van der Waals surface area contributed by atoms with Crippen molar-refractivity contribution in [1.82, 2.24) is 10.3 Å². The number of hydrogen-bond acceptors (Lipinski definition) is 2. The normalized spacial score (nSPS) is 18.1. The van der Waals surface area contributed by atoms with Crippen molar-refractivity contribution < 1.29 is 18.0 Å². The Morgan fingerprint density at radius 3 is 2.69 bits per heavy atom. The highest BCUT2D eigenvalue weighted by atomic mass is 19.4. The van der Waals surface area contributed by atoms with Crippen LogP contribution in [0.15, 0.2) is 36.5 Å². The van der Waals surface area contributed by atoms with E-state index in [1.807, 2.05) is 32.0 Å². The van der Waals surface area contributed by atoms with E-state index in [1.165, 1.54) is 6.20 Å². The van der Waals surface area contributed by atoms with E-state index in [1.54, 1.807) is 12.1 Å². The molecule has 0 spiro atoms. The lowest BCUT2D eigenvalue weighted by Crippen LogP contribution is -2.30. The third-order valence-electron chi connectivity index (χ3n) is 4.61. The Kier molecular flexibility index (Phi) is 5.03. The van der Waals surface area contributed by atoms with E-state index in [2.05, 4.69) is 10.3 Å². The highest BCUT2D eigenvalue weighted by Gasteiger charge is 2.39. The first-order chi connectivity index (χ1) is 12.3. The molecule has 1 heterocycles. The second-order valence-electron chi connectivity index (χ2n) is 6.97. The fourth-order valence-electron chi connectivity index (χ4n) is 3.27. The van der Waals surface area contributed by atoms with Crippen LogP contribution in [0.3, 0.4) is 0 Å². The molecule has 1 N–H and O–H groups in total. The smallest absolute Gasteiger partial charge is 0.350 e. The average Bonchev–Trinajstić information content (AvgIpc) is 2.59. The Hall–Kier alpha value is -2.37. The van der Waals surface area contributed by atoms with Gasteiger partial charge in [-0.3, -0.25) is 9.78 Å². The number of nitrogens with one attached hydrogen (secondary N) is 1. The van der Waals surface area contributed by atoms with Gasteiger partial charge >= 0.3 is 6.18 Å². The van der Waals surface area contributed by atoms with Gasteiger partial charge in [-0.1, -0.05) is 24.3 Å². The number of nitrogens with zero attached hydrogens (tertiary/aromatic N) is 1. The van der Waals surface area contributed by atoms with Gasteiger partial charge in [0.2, 0.25) is 0 Å². The molecule has 6 heteroatoms. The van der Waals surface area contributed by atoms with Crippen LogP contribution < -0.4 is 5.32 Å². The van der Waals surface area contributed by atoms with Crippen LogP contribution in [0.5, 0.6) is 0 Å². The molecule has 3 nitrogen and oxygen atoms in total. The summed E-state index contributed by atoms with van der Waals surface area (Å²) in [6.45, 7) is 3.77. The van der Waals surface area contributed by atoms with Crippen molar-refractivity contribution >= 4 is 22.4 Å². The Balaban J connectivity index is 1.91. The number of halogens is 3. The molecule has 0 saturated carbocycles. The molecule has 0 unspecified atom stereocenters. The summed E-state index contributed by atoms with van der Waals surface area (Å²) in [4.78, 5) is 16.6. The van der Waals surface area contributed by atoms with Gasteiger partial charge in [-0.25, -0.2) is 0 Å². The molecule has 1 aliphatic carbocycles. The zero-order chi connectivity index (χ0) is 18.9. The summed E-state index contributed by atoms with van der Waals surface area (Å²) in [6, 6.07) is 7.38. The maximum absolute atomic E-state index is 12.9. The number of aromatic nitrogens is 1. The van der Waals surface area contributed by atoms with Crippen LogP contribution in [0.4, 0.5) is 13.2 Å². The first-order valence-corrected chi connectivity index (χ1v) is 8.71. The second-order valence-corrected chi connectivity index (χ2v) is 6.97. The number of amides is 1. The summed E-state index contributed by atoms with van der Waals surface area (Å²) in [5.74, 6) is -1.45. The largest absolute Gasteiger partial charge is 0.392 e. The number of fused-ring (bicyclic) bond motifs is 1. The van der Waals surface area contributed by atoms with E-state index in [-0.39, 0.29) is 24.8 Å². The van der Waals surface area contributed by atoms with Gasteiger partial charge in [0.1, 0.15) is 0 Å². The van der Waals surface area contributed by atoms with Crippen LogP contribution in [-0.2, 0) is 0 Å². The van der Waals surface area contributed by atoms with Crippen LogP contribution in [0.2, 0.25) is 0 Å². The van der Waals surface area contributed by atoms with Gasteiger partial charge in [-0.15, -0.1) is 0 Å². The molecule has 138 valence electrons. The van der Waals surface area contributed by atoms with E-state index in [0.29, 0.717) is 17.5 Å². The Bertz CT molecular complexity index is 856. The monoisotopic (exact) mass is 362 g/mol. The molecule has 1 aliphatic rings. The molecule has 0 bridgehead atoms. The molecule has 1 atom stereocenters. The molecule has 0 saturated heterocycles. The molecule has 2 aromatic rings. The molecular weight excluding hydrogens is 341 g/mol. The zero-order valence-electron chi connectivity index (χ0n) is 14.7. The van der Waals surface area contributed by atoms with Gasteiger partial charge < -0.3 is 5.32 Å². The maximum atomic E-state index is 12.9. The van der Waals surface area contributed by atoms with Crippen LogP contribution in [0.25, 0.3) is 16.5 Å². The van der Waals surface area contributed by atoms with Crippen LogP contribution >= 0.6 is 0 Å². The Labute approximate surface area is 150 Å². The number of carbonyl (C=O) groups excluding carboxylic acids is 1. The number of benzene rings is 1. The zero-order valence-corrected chi connectivity index (χ0v) is 14.7. The number of rotatable bonds is 3. The number of pyridine rings is 1. The predicted molar refractivity (Wildman–Crippen MR) is 95.7 cm³/mol. The van der Waals surface area contributed by atoms with Crippen molar-refractivity contribution in [3.05, 3.63) is 47.7 Å². The summed E-state index contributed by atoms with van der Waals surface area (Å²) in [6.07, 6.45) is -0.466. The summed E-state index contributed by atoms with van der Waals surface area (Å²) < 4.78 is 38.6.